The lowest BCUT2D eigenvalue weighted by atomic mass is 9.98. The summed E-state index contributed by atoms with van der Waals surface area (Å²) in [5.41, 5.74) is 4.83. The molecule has 3 N–H and O–H groups in total. The highest BCUT2D eigenvalue weighted by Gasteiger charge is 2.39. The van der Waals surface area contributed by atoms with Crippen molar-refractivity contribution in [3.8, 4) is 11.3 Å². The Hall–Kier alpha value is -3.64. The molecule has 3 aromatic heterocycles. The van der Waals surface area contributed by atoms with E-state index in [0.29, 0.717) is 54.0 Å². The summed E-state index contributed by atoms with van der Waals surface area (Å²) >= 11 is 0. The molecule has 1 aliphatic heterocycles. The minimum absolute atomic E-state index is 0.0653. The van der Waals surface area contributed by atoms with Crippen molar-refractivity contribution in [3.63, 3.8) is 0 Å². The zero-order chi connectivity index (χ0) is 26.4. The van der Waals surface area contributed by atoms with Crippen molar-refractivity contribution in [2.75, 3.05) is 18.9 Å². The molecule has 1 aromatic carbocycles. The molecular weight excluding hydrogens is 497 g/mol. The predicted molar refractivity (Wildman–Crippen MR) is 124 cm³/mol. The van der Waals surface area contributed by atoms with Crippen LogP contribution in [0.25, 0.3) is 16.8 Å². The van der Waals surface area contributed by atoms with Crippen LogP contribution in [0.3, 0.4) is 0 Å². The Morgan fingerprint density at radius 2 is 1.76 bits per heavy atom. The predicted octanol–water partition coefficient (Wildman–Crippen LogP) is 4.79. The second-order valence-electron chi connectivity index (χ2n) is 8.84. The Bertz CT molecular complexity index is 1410. The fourth-order valence-electron chi connectivity index (χ4n) is 4.49. The van der Waals surface area contributed by atoms with Crippen molar-refractivity contribution in [2.24, 2.45) is 0 Å². The molecule has 0 radical (unpaired) electrons. The summed E-state index contributed by atoms with van der Waals surface area (Å²) in [6.45, 7) is 0.283. The van der Waals surface area contributed by atoms with Gasteiger partial charge in [-0.15, -0.1) is 0 Å². The van der Waals surface area contributed by atoms with E-state index in [1.54, 1.807) is 10.6 Å². The number of nitrogens with two attached hydrogens (primary N) is 1. The van der Waals surface area contributed by atoms with Crippen LogP contribution in [-0.2, 0) is 16.8 Å². The number of ether oxygens (including phenoxy) is 1. The van der Waals surface area contributed by atoms with Gasteiger partial charge < -0.3 is 15.6 Å². The zero-order valence-corrected chi connectivity index (χ0v) is 19.3. The minimum Gasteiger partial charge on any atom is -0.394 e. The van der Waals surface area contributed by atoms with E-state index < -0.39 is 28.9 Å². The van der Waals surface area contributed by atoms with Gasteiger partial charge in [0.2, 0.25) is 0 Å². The summed E-state index contributed by atoms with van der Waals surface area (Å²) in [5, 5.41) is 9.33. The van der Waals surface area contributed by atoms with Crippen LogP contribution in [0, 0.1) is 0 Å². The summed E-state index contributed by atoms with van der Waals surface area (Å²) in [6, 6.07) is 6.07. The van der Waals surface area contributed by atoms with E-state index in [1.807, 2.05) is 0 Å². The van der Waals surface area contributed by atoms with Crippen molar-refractivity contribution in [2.45, 2.75) is 37.0 Å². The number of pyridine rings is 1. The number of halogens is 5. The van der Waals surface area contributed by atoms with Gasteiger partial charge in [-0.1, -0.05) is 24.3 Å². The SMILES string of the molecule is Nc1nccn2c(C3CCC(CO)OC3)nc(-c3ccc(C(F)(F)c4cc(C(F)(F)F)ccn4)cc3)c12. The topological polar surface area (TPSA) is 98.6 Å². The fraction of sp³-hybridized carbons (Fsp3) is 0.320. The van der Waals surface area contributed by atoms with E-state index in [4.69, 9.17) is 15.5 Å². The maximum Gasteiger partial charge on any atom is 0.416 e. The average molecular weight is 519 g/mol. The number of alkyl halides is 5. The van der Waals surface area contributed by atoms with Gasteiger partial charge in [0.25, 0.3) is 0 Å². The highest BCUT2D eigenvalue weighted by atomic mass is 19.4. The number of rotatable bonds is 5. The van der Waals surface area contributed by atoms with Crippen LogP contribution in [-0.4, -0.2) is 43.8 Å². The minimum atomic E-state index is -4.77. The number of fused-ring (bicyclic) bond motifs is 1. The summed E-state index contributed by atoms with van der Waals surface area (Å²) < 4.78 is 76.8. The van der Waals surface area contributed by atoms with Gasteiger partial charge in [0, 0.05) is 35.6 Å². The summed E-state index contributed by atoms with van der Waals surface area (Å²) in [4.78, 5) is 12.4. The van der Waals surface area contributed by atoms with Crippen molar-refractivity contribution < 1.29 is 31.8 Å². The summed E-state index contributed by atoms with van der Waals surface area (Å²) in [7, 11) is 0. The van der Waals surface area contributed by atoms with E-state index in [9.17, 15) is 18.3 Å². The van der Waals surface area contributed by atoms with Crippen LogP contribution in [0.5, 0.6) is 0 Å². The average Bonchev–Trinajstić information content (AvgIpc) is 3.29. The molecule has 12 heteroatoms. The lowest BCUT2D eigenvalue weighted by molar-refractivity contribution is -0.137. The molecule has 2 atom stereocenters. The molecule has 37 heavy (non-hydrogen) atoms. The van der Waals surface area contributed by atoms with E-state index in [-0.39, 0.29) is 24.4 Å². The second-order valence-corrected chi connectivity index (χ2v) is 8.84. The van der Waals surface area contributed by atoms with Gasteiger partial charge >= 0.3 is 12.1 Å². The number of nitrogens with zero attached hydrogens (tertiary/aromatic N) is 4. The van der Waals surface area contributed by atoms with E-state index in [2.05, 4.69) is 9.97 Å². The molecule has 0 aliphatic carbocycles. The molecule has 1 fully saturated rings. The molecule has 194 valence electrons. The number of aliphatic hydroxyl groups is 1. The number of aromatic nitrogens is 4. The van der Waals surface area contributed by atoms with Gasteiger partial charge in [-0.2, -0.15) is 22.0 Å². The monoisotopic (exact) mass is 519 g/mol. The highest BCUT2D eigenvalue weighted by Crippen LogP contribution is 2.39. The van der Waals surface area contributed by atoms with Crippen molar-refractivity contribution >= 4 is 11.3 Å². The van der Waals surface area contributed by atoms with Crippen LogP contribution in [0.2, 0.25) is 0 Å². The van der Waals surface area contributed by atoms with Crippen LogP contribution in [0.15, 0.2) is 55.0 Å². The first-order valence-electron chi connectivity index (χ1n) is 11.5. The first kappa shape index (κ1) is 25.0. The zero-order valence-electron chi connectivity index (χ0n) is 19.3. The number of anilines is 1. The van der Waals surface area contributed by atoms with Gasteiger partial charge in [-0.05, 0) is 25.0 Å². The summed E-state index contributed by atoms with van der Waals surface area (Å²) in [6.07, 6.45) is 0.330. The second kappa shape index (κ2) is 9.34. The molecule has 4 heterocycles. The third-order valence-corrected chi connectivity index (χ3v) is 6.48. The molecule has 2 unspecified atom stereocenters. The number of hydrogen-bond donors (Lipinski definition) is 2. The molecule has 7 nitrogen and oxygen atoms in total. The largest absolute Gasteiger partial charge is 0.416 e. The Labute approximate surface area is 207 Å². The summed E-state index contributed by atoms with van der Waals surface area (Å²) in [5.74, 6) is -2.98. The first-order chi connectivity index (χ1) is 17.6. The van der Waals surface area contributed by atoms with E-state index >= 15 is 8.78 Å². The van der Waals surface area contributed by atoms with Crippen molar-refractivity contribution in [3.05, 3.63) is 77.6 Å². The number of nitrogen functional groups attached to an aromatic ring is 1. The van der Waals surface area contributed by atoms with Gasteiger partial charge in [-0.3, -0.25) is 9.38 Å². The highest BCUT2D eigenvalue weighted by molar-refractivity contribution is 5.85. The normalized spacial score (nSPS) is 18.9. The number of hydrogen-bond acceptors (Lipinski definition) is 6. The van der Waals surface area contributed by atoms with Crippen molar-refractivity contribution in [1.29, 1.82) is 0 Å². The number of imidazole rings is 1. The van der Waals surface area contributed by atoms with Gasteiger partial charge in [0.15, 0.2) is 0 Å². The van der Waals surface area contributed by atoms with E-state index in [1.165, 1.54) is 18.3 Å². The van der Waals surface area contributed by atoms with Crippen LogP contribution in [0.4, 0.5) is 27.8 Å². The molecule has 1 saturated heterocycles. The number of aliphatic hydroxyl groups excluding tert-OH is 1. The lowest BCUT2D eigenvalue weighted by Crippen LogP contribution is -2.28. The maximum atomic E-state index is 15.1. The van der Waals surface area contributed by atoms with Gasteiger partial charge in [0.05, 0.1) is 24.9 Å². The Morgan fingerprint density at radius 3 is 2.41 bits per heavy atom. The Balaban J connectivity index is 1.50. The van der Waals surface area contributed by atoms with Gasteiger partial charge in [0.1, 0.15) is 28.5 Å². The van der Waals surface area contributed by atoms with Crippen molar-refractivity contribution in [1.82, 2.24) is 19.4 Å². The quantitative estimate of drug-likeness (QED) is 0.368. The number of benzene rings is 1. The molecule has 1 aliphatic rings. The third kappa shape index (κ3) is 4.62. The van der Waals surface area contributed by atoms with Crippen LogP contribution in [0.1, 0.15) is 41.4 Å². The molecular formula is C25H22F5N5O2. The standard InChI is InChI=1S/C25H22F5N5O2/c26-24(27,19-11-17(7-8-32-19)25(28,29)30)16-4-1-14(2-5-16)20-21-22(31)33-9-10-35(21)23(34-20)15-3-6-18(12-36)37-13-15/h1-2,4-5,7-11,15,18,36H,3,6,12-13H2,(H2,31,33). The van der Waals surface area contributed by atoms with Crippen LogP contribution < -0.4 is 5.73 Å². The molecule has 0 saturated carbocycles. The molecule has 0 spiro atoms. The molecule has 0 amide bonds. The van der Waals surface area contributed by atoms with E-state index in [0.717, 1.165) is 18.6 Å². The molecule has 5 rings (SSSR count). The Kier molecular flexibility index (Phi) is 6.32. The first-order valence-corrected chi connectivity index (χ1v) is 11.5. The fourth-order valence-corrected chi connectivity index (χ4v) is 4.49. The molecule has 0 bridgehead atoms. The lowest BCUT2D eigenvalue weighted by Gasteiger charge is -2.27. The van der Waals surface area contributed by atoms with Gasteiger partial charge in [-0.25, -0.2) is 9.97 Å². The third-order valence-electron chi connectivity index (χ3n) is 6.48. The Morgan fingerprint density at radius 1 is 1.00 bits per heavy atom. The smallest absolute Gasteiger partial charge is 0.394 e. The van der Waals surface area contributed by atoms with Crippen LogP contribution >= 0.6 is 0 Å². The molecule has 4 aromatic rings. The maximum absolute atomic E-state index is 15.1.